The maximum atomic E-state index is 11.8. The van der Waals surface area contributed by atoms with E-state index in [0.29, 0.717) is 5.56 Å². The second-order valence-corrected chi connectivity index (χ2v) is 4.20. The summed E-state index contributed by atoms with van der Waals surface area (Å²) in [6.45, 7) is 3.88. The molecule has 92 valence electrons. The summed E-state index contributed by atoms with van der Waals surface area (Å²) in [6.07, 6.45) is 2.86. The number of nitrogens with zero attached hydrogens (tertiary/aromatic N) is 1. The van der Waals surface area contributed by atoms with Gasteiger partial charge in [0, 0.05) is 12.4 Å². The largest absolute Gasteiger partial charge is 0.454 e. The zero-order valence-corrected chi connectivity index (χ0v) is 10.5. The summed E-state index contributed by atoms with van der Waals surface area (Å²) < 4.78 is 5.38. The Morgan fingerprint density at radius 2 is 1.94 bits per heavy atom. The highest BCUT2D eigenvalue weighted by Crippen LogP contribution is 2.18. The molecule has 0 spiro atoms. The van der Waals surface area contributed by atoms with Crippen LogP contribution in [0, 0.1) is 6.92 Å². The van der Waals surface area contributed by atoms with Gasteiger partial charge in [0.1, 0.15) is 6.10 Å². The molecule has 0 saturated heterocycles. The number of aryl methyl sites for hydroxylation is 1. The number of aromatic nitrogens is 1. The van der Waals surface area contributed by atoms with Gasteiger partial charge >= 0.3 is 5.97 Å². The molecule has 2 aromatic rings. The Morgan fingerprint density at radius 3 is 2.56 bits per heavy atom. The third kappa shape index (κ3) is 2.94. The van der Waals surface area contributed by atoms with Gasteiger partial charge in [-0.3, -0.25) is 4.98 Å². The number of hydrogen-bond donors (Lipinski definition) is 0. The number of benzene rings is 1. The summed E-state index contributed by atoms with van der Waals surface area (Å²) >= 11 is 0. The van der Waals surface area contributed by atoms with E-state index in [1.54, 1.807) is 18.3 Å². The minimum absolute atomic E-state index is 0.265. The van der Waals surface area contributed by atoms with Crippen LogP contribution in [-0.2, 0) is 4.74 Å². The van der Waals surface area contributed by atoms with Crippen molar-refractivity contribution in [3.8, 4) is 0 Å². The SMILES string of the molecule is Cc1ccc(C(C)OC(=O)c2cccnc2)cc1. The van der Waals surface area contributed by atoms with Crippen molar-refractivity contribution in [1.29, 1.82) is 0 Å². The molecule has 0 radical (unpaired) electrons. The van der Waals surface area contributed by atoms with Gasteiger partial charge in [-0.05, 0) is 31.5 Å². The van der Waals surface area contributed by atoms with E-state index in [0.717, 1.165) is 5.56 Å². The van der Waals surface area contributed by atoms with Crippen LogP contribution in [0.4, 0.5) is 0 Å². The molecule has 0 aliphatic rings. The molecule has 3 nitrogen and oxygen atoms in total. The number of pyridine rings is 1. The van der Waals surface area contributed by atoms with Crippen LogP contribution in [0.1, 0.15) is 34.5 Å². The lowest BCUT2D eigenvalue weighted by molar-refractivity contribution is 0.0337. The molecule has 0 N–H and O–H groups in total. The van der Waals surface area contributed by atoms with Crippen molar-refractivity contribution in [1.82, 2.24) is 4.98 Å². The molecule has 18 heavy (non-hydrogen) atoms. The first-order chi connectivity index (χ1) is 8.66. The second kappa shape index (κ2) is 5.45. The number of carbonyl (C=O) groups is 1. The summed E-state index contributed by atoms with van der Waals surface area (Å²) in [5.74, 6) is -0.351. The van der Waals surface area contributed by atoms with E-state index in [2.05, 4.69) is 4.98 Å². The van der Waals surface area contributed by atoms with Crippen LogP contribution in [0.2, 0.25) is 0 Å². The lowest BCUT2D eigenvalue weighted by Gasteiger charge is -2.13. The molecule has 2 rings (SSSR count). The lowest BCUT2D eigenvalue weighted by Crippen LogP contribution is -2.09. The molecule has 1 heterocycles. The number of esters is 1. The molecule has 0 fully saturated rings. The maximum absolute atomic E-state index is 11.8. The predicted molar refractivity (Wildman–Crippen MR) is 69.2 cm³/mol. The molecule has 0 aliphatic heterocycles. The van der Waals surface area contributed by atoms with E-state index in [4.69, 9.17) is 4.74 Å². The van der Waals surface area contributed by atoms with Crippen LogP contribution in [0.25, 0.3) is 0 Å². The van der Waals surface area contributed by atoms with E-state index >= 15 is 0 Å². The van der Waals surface area contributed by atoms with Crippen molar-refractivity contribution in [2.75, 3.05) is 0 Å². The molecule has 0 aliphatic carbocycles. The summed E-state index contributed by atoms with van der Waals surface area (Å²) in [5.41, 5.74) is 2.64. The standard InChI is InChI=1S/C15H15NO2/c1-11-5-7-13(8-6-11)12(2)18-15(17)14-4-3-9-16-10-14/h3-10,12H,1-2H3. The van der Waals surface area contributed by atoms with Gasteiger partial charge in [0.15, 0.2) is 0 Å². The van der Waals surface area contributed by atoms with Crippen molar-refractivity contribution in [3.63, 3.8) is 0 Å². The molecule has 0 amide bonds. The van der Waals surface area contributed by atoms with Gasteiger partial charge in [0.2, 0.25) is 0 Å². The number of ether oxygens (including phenoxy) is 1. The monoisotopic (exact) mass is 241 g/mol. The van der Waals surface area contributed by atoms with Gasteiger partial charge in [0.25, 0.3) is 0 Å². The Labute approximate surface area is 106 Å². The molecule has 1 aromatic heterocycles. The van der Waals surface area contributed by atoms with Gasteiger partial charge < -0.3 is 4.74 Å². The fraction of sp³-hybridized carbons (Fsp3) is 0.200. The molecular formula is C15H15NO2. The average Bonchev–Trinajstić information content (AvgIpc) is 2.40. The summed E-state index contributed by atoms with van der Waals surface area (Å²) in [4.78, 5) is 15.7. The van der Waals surface area contributed by atoms with Crippen molar-refractivity contribution in [3.05, 3.63) is 65.5 Å². The molecule has 1 unspecified atom stereocenters. The quantitative estimate of drug-likeness (QED) is 0.774. The van der Waals surface area contributed by atoms with E-state index in [1.807, 2.05) is 38.1 Å². The highest BCUT2D eigenvalue weighted by molar-refractivity contribution is 5.89. The van der Waals surface area contributed by atoms with Crippen LogP contribution in [0.3, 0.4) is 0 Å². The molecule has 1 atom stereocenters. The van der Waals surface area contributed by atoms with Gasteiger partial charge in [-0.2, -0.15) is 0 Å². The fourth-order valence-electron chi connectivity index (χ4n) is 1.62. The lowest BCUT2D eigenvalue weighted by atomic mass is 10.1. The van der Waals surface area contributed by atoms with E-state index < -0.39 is 0 Å². The predicted octanol–water partition coefficient (Wildman–Crippen LogP) is 3.31. The summed E-state index contributed by atoms with van der Waals surface area (Å²) in [6, 6.07) is 11.4. The van der Waals surface area contributed by atoms with Gasteiger partial charge in [-0.15, -0.1) is 0 Å². The minimum atomic E-state index is -0.351. The maximum Gasteiger partial charge on any atom is 0.340 e. The third-order valence-electron chi connectivity index (χ3n) is 2.73. The summed E-state index contributed by atoms with van der Waals surface area (Å²) in [7, 11) is 0. The third-order valence-corrected chi connectivity index (χ3v) is 2.73. The zero-order chi connectivity index (χ0) is 13.0. The summed E-state index contributed by atoms with van der Waals surface area (Å²) in [5, 5.41) is 0. The topological polar surface area (TPSA) is 39.2 Å². The van der Waals surface area contributed by atoms with Crippen molar-refractivity contribution < 1.29 is 9.53 Å². The molecule has 3 heteroatoms. The molecule has 0 saturated carbocycles. The number of hydrogen-bond acceptors (Lipinski definition) is 3. The fourth-order valence-corrected chi connectivity index (χ4v) is 1.62. The van der Waals surface area contributed by atoms with Crippen LogP contribution < -0.4 is 0 Å². The Balaban J connectivity index is 2.06. The minimum Gasteiger partial charge on any atom is -0.454 e. The van der Waals surface area contributed by atoms with E-state index in [1.165, 1.54) is 11.8 Å². The number of carbonyl (C=O) groups excluding carboxylic acids is 1. The molecular weight excluding hydrogens is 226 g/mol. The van der Waals surface area contributed by atoms with Crippen molar-refractivity contribution in [2.24, 2.45) is 0 Å². The Bertz CT molecular complexity index is 520. The highest BCUT2D eigenvalue weighted by atomic mass is 16.5. The van der Waals surface area contributed by atoms with E-state index in [9.17, 15) is 4.79 Å². The number of rotatable bonds is 3. The Morgan fingerprint density at radius 1 is 1.22 bits per heavy atom. The Hall–Kier alpha value is -2.16. The van der Waals surface area contributed by atoms with Gasteiger partial charge in [-0.25, -0.2) is 4.79 Å². The first-order valence-electron chi connectivity index (χ1n) is 5.84. The normalized spacial score (nSPS) is 11.9. The van der Waals surface area contributed by atoms with Crippen LogP contribution in [0.15, 0.2) is 48.8 Å². The molecule has 0 bridgehead atoms. The zero-order valence-electron chi connectivity index (χ0n) is 10.5. The average molecular weight is 241 g/mol. The Kier molecular flexibility index (Phi) is 3.72. The van der Waals surface area contributed by atoms with Crippen LogP contribution in [-0.4, -0.2) is 11.0 Å². The van der Waals surface area contributed by atoms with Crippen molar-refractivity contribution >= 4 is 5.97 Å². The van der Waals surface area contributed by atoms with Crippen LogP contribution >= 0.6 is 0 Å². The van der Waals surface area contributed by atoms with Crippen molar-refractivity contribution in [2.45, 2.75) is 20.0 Å². The van der Waals surface area contributed by atoms with Gasteiger partial charge in [-0.1, -0.05) is 29.8 Å². The second-order valence-electron chi connectivity index (χ2n) is 4.20. The van der Waals surface area contributed by atoms with E-state index in [-0.39, 0.29) is 12.1 Å². The molecule has 1 aromatic carbocycles. The first-order valence-corrected chi connectivity index (χ1v) is 5.84. The smallest absolute Gasteiger partial charge is 0.340 e. The first kappa shape index (κ1) is 12.3. The highest BCUT2D eigenvalue weighted by Gasteiger charge is 2.13. The van der Waals surface area contributed by atoms with Crippen LogP contribution in [0.5, 0.6) is 0 Å². The van der Waals surface area contributed by atoms with Gasteiger partial charge in [0.05, 0.1) is 5.56 Å².